The van der Waals surface area contributed by atoms with Gasteiger partial charge in [-0.2, -0.15) is 0 Å². The van der Waals surface area contributed by atoms with Crippen molar-refractivity contribution in [2.24, 2.45) is 0 Å². The van der Waals surface area contributed by atoms with E-state index in [9.17, 15) is 9.59 Å². The van der Waals surface area contributed by atoms with E-state index in [-0.39, 0.29) is 30.4 Å². The quantitative estimate of drug-likeness (QED) is 0.475. The number of hydrogen-bond acceptors (Lipinski definition) is 5. The van der Waals surface area contributed by atoms with E-state index in [1.807, 2.05) is 17.0 Å². The van der Waals surface area contributed by atoms with Gasteiger partial charge in [-0.25, -0.2) is 0 Å². The number of carbonyl (C=O) groups is 2. The van der Waals surface area contributed by atoms with Crippen LogP contribution in [0.2, 0.25) is 0 Å². The summed E-state index contributed by atoms with van der Waals surface area (Å²) >= 11 is 1.76. The van der Waals surface area contributed by atoms with Gasteiger partial charge >= 0.3 is 0 Å². The van der Waals surface area contributed by atoms with Gasteiger partial charge in [0.1, 0.15) is 18.0 Å². The second kappa shape index (κ2) is 9.74. The molecule has 0 radical (unpaired) electrons. The van der Waals surface area contributed by atoms with E-state index in [4.69, 9.17) is 9.47 Å². The number of ether oxygens (including phenoxy) is 2. The summed E-state index contributed by atoms with van der Waals surface area (Å²) in [4.78, 5) is 32.5. The van der Waals surface area contributed by atoms with Gasteiger partial charge in [0.05, 0.1) is 20.3 Å². The summed E-state index contributed by atoms with van der Waals surface area (Å²) in [7, 11) is 3.12. The molecule has 182 valence electrons. The number of carbonyl (C=O) groups excluding carboxylic acids is 2. The Bertz CT molecular complexity index is 1230. The third-order valence-corrected chi connectivity index (χ3v) is 7.92. The Morgan fingerprint density at radius 3 is 2.40 bits per heavy atom. The third kappa shape index (κ3) is 4.65. The maximum atomic E-state index is 13.8. The van der Waals surface area contributed by atoms with E-state index >= 15 is 0 Å². The van der Waals surface area contributed by atoms with Crippen LogP contribution in [-0.4, -0.2) is 55.0 Å². The lowest BCUT2D eigenvalue weighted by Crippen LogP contribution is -2.47. The maximum Gasteiger partial charge on any atom is 0.254 e. The fraction of sp³-hybridized carbons (Fsp3) is 0.357. The molecule has 2 aromatic carbocycles. The molecule has 0 spiro atoms. The predicted molar refractivity (Wildman–Crippen MR) is 136 cm³/mol. The molecule has 0 bridgehead atoms. The zero-order valence-corrected chi connectivity index (χ0v) is 21.1. The molecule has 3 aromatic rings. The molecule has 0 saturated heterocycles. The molecule has 0 N–H and O–H groups in total. The van der Waals surface area contributed by atoms with Crippen molar-refractivity contribution in [3.8, 4) is 11.5 Å². The molecular weight excluding hydrogens is 460 g/mol. The Kier molecular flexibility index (Phi) is 6.52. The highest BCUT2D eigenvalue weighted by molar-refractivity contribution is 7.10. The van der Waals surface area contributed by atoms with Gasteiger partial charge in [0, 0.05) is 29.1 Å². The Balaban J connectivity index is 1.44. The molecule has 1 fully saturated rings. The molecule has 1 aromatic heterocycles. The molecule has 1 atom stereocenters. The van der Waals surface area contributed by atoms with Crippen LogP contribution in [-0.2, 0) is 11.2 Å². The van der Waals surface area contributed by atoms with Gasteiger partial charge in [0.15, 0.2) is 0 Å². The number of thiophene rings is 1. The molecule has 1 aliphatic carbocycles. The lowest BCUT2D eigenvalue weighted by molar-refractivity contribution is -0.134. The normalized spacial score (nSPS) is 17.0. The molecule has 6 nitrogen and oxygen atoms in total. The largest absolute Gasteiger partial charge is 0.497 e. The molecule has 1 saturated carbocycles. The van der Waals surface area contributed by atoms with E-state index in [2.05, 4.69) is 30.5 Å². The van der Waals surface area contributed by atoms with Crippen molar-refractivity contribution in [2.45, 2.75) is 38.3 Å². The van der Waals surface area contributed by atoms with Crippen molar-refractivity contribution in [2.75, 3.05) is 27.3 Å². The Labute approximate surface area is 210 Å². The van der Waals surface area contributed by atoms with E-state index < -0.39 is 0 Å². The van der Waals surface area contributed by atoms with Crippen LogP contribution in [0.1, 0.15) is 50.8 Å². The Hall–Kier alpha value is -3.32. The molecule has 2 heterocycles. The van der Waals surface area contributed by atoms with E-state index in [1.165, 1.54) is 10.4 Å². The highest BCUT2D eigenvalue weighted by Gasteiger charge is 2.39. The minimum atomic E-state index is -0.168. The van der Waals surface area contributed by atoms with Gasteiger partial charge in [-0.15, -0.1) is 11.3 Å². The summed E-state index contributed by atoms with van der Waals surface area (Å²) in [6, 6.07) is 15.5. The molecule has 2 aliphatic rings. The summed E-state index contributed by atoms with van der Waals surface area (Å²) in [6.45, 7) is 2.80. The van der Waals surface area contributed by atoms with Crippen molar-refractivity contribution in [3.05, 3.63) is 81.0 Å². The lowest BCUT2D eigenvalue weighted by atomic mass is 9.90. The van der Waals surface area contributed by atoms with Crippen LogP contribution in [0, 0.1) is 6.92 Å². The first-order valence-electron chi connectivity index (χ1n) is 12.0. The van der Waals surface area contributed by atoms with Gasteiger partial charge in [0.2, 0.25) is 5.91 Å². The van der Waals surface area contributed by atoms with Crippen LogP contribution < -0.4 is 9.47 Å². The summed E-state index contributed by atoms with van der Waals surface area (Å²) in [5, 5.41) is 2.11. The maximum absolute atomic E-state index is 13.8. The van der Waals surface area contributed by atoms with Gasteiger partial charge < -0.3 is 19.3 Å². The van der Waals surface area contributed by atoms with Crippen LogP contribution in [0.5, 0.6) is 11.5 Å². The first-order chi connectivity index (χ1) is 17.0. The highest BCUT2D eigenvalue weighted by atomic mass is 32.1. The minimum Gasteiger partial charge on any atom is -0.497 e. The van der Waals surface area contributed by atoms with Crippen LogP contribution in [0.15, 0.2) is 53.9 Å². The number of rotatable bonds is 7. The van der Waals surface area contributed by atoms with E-state index in [0.717, 1.165) is 30.4 Å². The van der Waals surface area contributed by atoms with Crippen molar-refractivity contribution >= 4 is 23.2 Å². The molecule has 35 heavy (non-hydrogen) atoms. The molecule has 2 amide bonds. The standard InChI is InChI=1S/C28H30N2O4S/c1-18-6-4-5-7-23(18)27-24-11-13-35-25(24)10-12-29(27)26(31)17-30(20-8-9-20)28(32)19-14-21(33-2)16-22(15-19)34-3/h4-7,11,13-16,20,27H,8-10,12,17H2,1-3H3. The molecule has 5 rings (SSSR count). The third-order valence-electron chi connectivity index (χ3n) is 6.92. The highest BCUT2D eigenvalue weighted by Crippen LogP contribution is 2.39. The van der Waals surface area contributed by atoms with Crippen LogP contribution in [0.4, 0.5) is 0 Å². The fourth-order valence-electron chi connectivity index (χ4n) is 4.90. The van der Waals surface area contributed by atoms with E-state index in [0.29, 0.717) is 23.6 Å². The van der Waals surface area contributed by atoms with Crippen LogP contribution >= 0.6 is 11.3 Å². The SMILES string of the molecule is COc1cc(OC)cc(C(=O)N(CC(=O)N2CCc3sccc3C2c2ccccc2C)C2CC2)c1. The summed E-state index contributed by atoms with van der Waals surface area (Å²) in [5.41, 5.74) is 3.97. The predicted octanol–water partition coefficient (Wildman–Crippen LogP) is 4.85. The first-order valence-corrected chi connectivity index (χ1v) is 12.8. The summed E-state index contributed by atoms with van der Waals surface area (Å²) in [5.74, 6) is 0.912. The minimum absolute atomic E-state index is 0.0229. The summed E-state index contributed by atoms with van der Waals surface area (Å²) in [6.07, 6.45) is 2.66. The lowest BCUT2D eigenvalue weighted by Gasteiger charge is -2.38. The second-order valence-corrected chi connectivity index (χ2v) is 10.2. The van der Waals surface area contributed by atoms with Crippen LogP contribution in [0.3, 0.4) is 0 Å². The van der Waals surface area contributed by atoms with Crippen molar-refractivity contribution in [3.63, 3.8) is 0 Å². The molecular formula is C28H30N2O4S. The number of benzene rings is 2. The fourth-order valence-corrected chi connectivity index (χ4v) is 5.80. The van der Waals surface area contributed by atoms with Gasteiger partial charge in [-0.1, -0.05) is 24.3 Å². The Morgan fingerprint density at radius 2 is 1.74 bits per heavy atom. The number of aryl methyl sites for hydroxylation is 1. The smallest absolute Gasteiger partial charge is 0.254 e. The van der Waals surface area contributed by atoms with Gasteiger partial charge in [-0.3, -0.25) is 9.59 Å². The monoisotopic (exact) mass is 490 g/mol. The second-order valence-electron chi connectivity index (χ2n) is 9.16. The molecule has 7 heteroatoms. The first kappa shape index (κ1) is 23.4. The number of fused-ring (bicyclic) bond motifs is 1. The van der Waals surface area contributed by atoms with Crippen molar-refractivity contribution in [1.82, 2.24) is 9.80 Å². The van der Waals surface area contributed by atoms with Crippen molar-refractivity contribution in [1.29, 1.82) is 0 Å². The topological polar surface area (TPSA) is 59.1 Å². The number of amides is 2. The zero-order chi connectivity index (χ0) is 24.5. The van der Waals surface area contributed by atoms with Crippen molar-refractivity contribution < 1.29 is 19.1 Å². The zero-order valence-electron chi connectivity index (χ0n) is 20.3. The van der Waals surface area contributed by atoms with E-state index in [1.54, 1.807) is 48.7 Å². The summed E-state index contributed by atoms with van der Waals surface area (Å²) < 4.78 is 10.7. The molecule has 1 unspecified atom stereocenters. The van der Waals surface area contributed by atoms with Gasteiger partial charge in [0.25, 0.3) is 5.91 Å². The average molecular weight is 491 g/mol. The number of hydrogen-bond donors (Lipinski definition) is 0. The Morgan fingerprint density at radius 1 is 1.03 bits per heavy atom. The average Bonchev–Trinajstić information content (AvgIpc) is 3.61. The van der Waals surface area contributed by atoms with Crippen LogP contribution in [0.25, 0.3) is 0 Å². The number of methoxy groups -OCH3 is 2. The number of nitrogens with zero attached hydrogens (tertiary/aromatic N) is 2. The van der Waals surface area contributed by atoms with Gasteiger partial charge in [-0.05, 0) is 66.5 Å². The molecule has 1 aliphatic heterocycles.